The van der Waals surface area contributed by atoms with E-state index in [1.807, 2.05) is 6.08 Å². The normalized spacial score (nSPS) is 32.3. The molecule has 1 N–H and O–H groups in total. The molecule has 49 heavy (non-hydrogen) atoms. The summed E-state index contributed by atoms with van der Waals surface area (Å²) in [5, 5.41) is 11.2. The number of hydrogen-bond acceptors (Lipinski definition) is 6. The van der Waals surface area contributed by atoms with E-state index in [1.165, 1.54) is 38.4 Å². The maximum Gasteiger partial charge on any atom is 0.508 e. The minimum Gasteiger partial charge on any atom is -0.438 e. The van der Waals surface area contributed by atoms with Gasteiger partial charge in [0, 0.05) is 6.42 Å². The summed E-state index contributed by atoms with van der Waals surface area (Å²) in [6.45, 7) is 32.8. The van der Waals surface area contributed by atoms with E-state index in [4.69, 9.17) is 13.6 Å². The number of hydrogen-bond donors (Lipinski definition) is 1. The minimum atomic E-state index is -2.02. The molecule has 0 aromatic rings. The molecule has 0 amide bonds. The van der Waals surface area contributed by atoms with Crippen LogP contribution in [0, 0.1) is 23.2 Å². The lowest BCUT2D eigenvalue weighted by atomic mass is 9.61. The lowest BCUT2D eigenvalue weighted by molar-refractivity contribution is -0.0245. The monoisotopic (exact) mass is 714 g/mol. The fraction of sp³-hybridized carbons (Fsp3) is 0.780. The second-order valence-corrected chi connectivity index (χ2v) is 28.7. The topological polar surface area (TPSA) is 74.2 Å². The van der Waals surface area contributed by atoms with Crippen LogP contribution in [-0.4, -0.2) is 58.9 Å². The lowest BCUT2D eigenvalue weighted by Gasteiger charge is -2.45. The highest BCUT2D eigenvalue weighted by Crippen LogP contribution is 2.60. The smallest absolute Gasteiger partial charge is 0.438 e. The van der Waals surface area contributed by atoms with Crippen molar-refractivity contribution in [3.05, 3.63) is 47.6 Å². The molecule has 4 saturated carbocycles. The van der Waals surface area contributed by atoms with Gasteiger partial charge in [0.1, 0.15) is 11.7 Å². The molecule has 0 radical (unpaired) electrons. The molecule has 0 aromatic carbocycles. The van der Waals surface area contributed by atoms with Gasteiger partial charge in [0.25, 0.3) is 0 Å². The first-order chi connectivity index (χ1) is 22.5. The van der Waals surface area contributed by atoms with E-state index in [0.717, 1.165) is 24.8 Å². The Balaban J connectivity index is 1.54. The van der Waals surface area contributed by atoms with Crippen LogP contribution >= 0.6 is 0 Å². The maximum absolute atomic E-state index is 11.7. The molecule has 6 nitrogen and oxygen atoms in total. The lowest BCUT2D eigenvalue weighted by Crippen LogP contribution is -2.49. The van der Waals surface area contributed by atoms with Crippen LogP contribution in [0.1, 0.15) is 113 Å². The SMILES string of the molecule is C=C1C(=CC=C2CCC[C@]3(C)[C@@H]([C@H](C)C=C[C@H](O)C4(OC(=O)OC)CC4)CC[C@@H]23)C[C@@H](O[Si](C)(C)C(C)(C)C)C[C@@H]1O[Si](C)(C)C(C)(C)C. The molecule has 4 aliphatic rings. The van der Waals surface area contributed by atoms with Crippen molar-refractivity contribution >= 4 is 22.8 Å². The molecule has 4 fully saturated rings. The zero-order valence-corrected chi connectivity index (χ0v) is 35.3. The summed E-state index contributed by atoms with van der Waals surface area (Å²) < 4.78 is 24.3. The number of aliphatic hydroxyl groups excluding tert-OH is 1. The molecule has 0 unspecified atom stereocenters. The fourth-order valence-electron chi connectivity index (χ4n) is 8.29. The predicted octanol–water partition coefficient (Wildman–Crippen LogP) is 11.1. The van der Waals surface area contributed by atoms with E-state index in [2.05, 4.69) is 111 Å². The van der Waals surface area contributed by atoms with Crippen molar-refractivity contribution in [3.63, 3.8) is 0 Å². The van der Waals surface area contributed by atoms with E-state index in [0.29, 0.717) is 30.6 Å². The molecule has 4 rings (SSSR count). The van der Waals surface area contributed by atoms with Gasteiger partial charge in [-0.05, 0) is 122 Å². The molecule has 0 aromatic heterocycles. The van der Waals surface area contributed by atoms with Gasteiger partial charge in [-0.1, -0.05) is 91.8 Å². The van der Waals surface area contributed by atoms with E-state index in [1.54, 1.807) is 5.57 Å². The van der Waals surface area contributed by atoms with Gasteiger partial charge in [-0.15, -0.1) is 0 Å². The Bertz CT molecular complexity index is 1310. The van der Waals surface area contributed by atoms with Crippen molar-refractivity contribution in [2.45, 2.75) is 173 Å². The average Bonchev–Trinajstić information content (AvgIpc) is 3.67. The van der Waals surface area contributed by atoms with Gasteiger partial charge >= 0.3 is 6.16 Å². The van der Waals surface area contributed by atoms with E-state index >= 15 is 0 Å². The molecule has 4 aliphatic carbocycles. The summed E-state index contributed by atoms with van der Waals surface area (Å²) in [6, 6.07) is 0. The highest BCUT2D eigenvalue weighted by atomic mass is 28.4. The summed E-state index contributed by atoms with van der Waals surface area (Å²) in [6.07, 6.45) is 16.5. The van der Waals surface area contributed by atoms with Crippen LogP contribution in [0.2, 0.25) is 36.3 Å². The summed E-state index contributed by atoms with van der Waals surface area (Å²) in [7, 11) is -2.68. The van der Waals surface area contributed by atoms with Crippen molar-refractivity contribution in [2.75, 3.05) is 7.11 Å². The highest BCUT2D eigenvalue weighted by molar-refractivity contribution is 6.74. The van der Waals surface area contributed by atoms with Crippen LogP contribution in [0.25, 0.3) is 0 Å². The van der Waals surface area contributed by atoms with Crippen molar-refractivity contribution < 1.29 is 28.2 Å². The third kappa shape index (κ3) is 8.78. The molecular weight excluding hydrogens is 645 g/mol. The van der Waals surface area contributed by atoms with Gasteiger partial charge in [-0.25, -0.2) is 4.79 Å². The quantitative estimate of drug-likeness (QED) is 0.138. The predicted molar refractivity (Wildman–Crippen MR) is 207 cm³/mol. The average molecular weight is 715 g/mol. The van der Waals surface area contributed by atoms with Gasteiger partial charge in [0.05, 0.1) is 19.3 Å². The molecule has 278 valence electrons. The number of carbonyl (C=O) groups is 1. The zero-order valence-electron chi connectivity index (χ0n) is 33.3. The Kier molecular flexibility index (Phi) is 11.9. The van der Waals surface area contributed by atoms with E-state index in [-0.39, 0.29) is 27.7 Å². The summed E-state index contributed by atoms with van der Waals surface area (Å²) in [4.78, 5) is 11.7. The van der Waals surface area contributed by atoms with Crippen LogP contribution in [-0.2, 0) is 18.3 Å². The molecule has 0 bridgehead atoms. The van der Waals surface area contributed by atoms with Crippen LogP contribution in [0.4, 0.5) is 4.79 Å². The van der Waals surface area contributed by atoms with Crippen LogP contribution in [0.15, 0.2) is 47.6 Å². The number of fused-ring (bicyclic) bond motifs is 1. The number of methoxy groups -OCH3 is 1. The first kappa shape index (κ1) is 40.3. The number of rotatable bonds is 10. The largest absolute Gasteiger partial charge is 0.508 e. The van der Waals surface area contributed by atoms with Gasteiger partial charge < -0.3 is 23.4 Å². The highest BCUT2D eigenvalue weighted by Gasteiger charge is 2.54. The summed E-state index contributed by atoms with van der Waals surface area (Å²) >= 11 is 0. The number of carbonyl (C=O) groups excluding carboxylic acids is 1. The molecule has 0 saturated heterocycles. The van der Waals surface area contributed by atoms with Crippen LogP contribution in [0.3, 0.4) is 0 Å². The van der Waals surface area contributed by atoms with E-state index in [9.17, 15) is 9.90 Å². The first-order valence-electron chi connectivity index (χ1n) is 19.0. The first-order valence-corrected chi connectivity index (χ1v) is 24.9. The summed E-state index contributed by atoms with van der Waals surface area (Å²) in [5.74, 6) is 1.40. The Labute approximate surface area is 301 Å². The second-order valence-electron chi connectivity index (χ2n) is 19.2. The third-order valence-electron chi connectivity index (χ3n) is 13.7. The van der Waals surface area contributed by atoms with Crippen molar-refractivity contribution in [1.82, 2.24) is 0 Å². The molecule has 7 atom stereocenters. The summed E-state index contributed by atoms with van der Waals surface area (Å²) in [5.41, 5.74) is 3.39. The van der Waals surface area contributed by atoms with E-state index < -0.39 is 34.5 Å². The Morgan fingerprint density at radius 2 is 1.57 bits per heavy atom. The fourth-order valence-corrected chi connectivity index (χ4v) is 11.0. The zero-order chi connectivity index (χ0) is 36.8. The number of ether oxygens (including phenoxy) is 2. The second kappa shape index (κ2) is 14.5. The molecule has 8 heteroatoms. The maximum atomic E-state index is 11.7. The molecule has 0 spiro atoms. The molecule has 0 heterocycles. The molecular formula is C41H70O6Si2. The van der Waals surface area contributed by atoms with Crippen LogP contribution < -0.4 is 0 Å². The van der Waals surface area contributed by atoms with Crippen molar-refractivity contribution in [3.8, 4) is 0 Å². The number of allylic oxidation sites excluding steroid dienone is 4. The third-order valence-corrected chi connectivity index (χ3v) is 22.8. The Morgan fingerprint density at radius 3 is 2.14 bits per heavy atom. The Morgan fingerprint density at radius 1 is 0.959 bits per heavy atom. The Hall–Kier alpha value is -1.46. The standard InChI is InChI=1S/C41H70O6Si2/c1-28(17-22-36(42)41(24-25-41)45-37(43)44-10)33-20-21-34-30(16-15-23-40(33,34)9)18-19-31-26-32(46-48(11,12)38(3,4)5)27-35(29(31)2)47-49(13,14)39(6,7)8/h17-19,22,28,32-36,42H,2,15-16,20-21,23-27H2,1,3-14H3/t28-,32-,33-,34+,35+,36+,40-/m1/s1. The van der Waals surface area contributed by atoms with Gasteiger partial charge in [-0.2, -0.15) is 0 Å². The number of aliphatic hydroxyl groups is 1. The van der Waals surface area contributed by atoms with Crippen molar-refractivity contribution in [2.24, 2.45) is 23.2 Å². The minimum absolute atomic E-state index is 0.0164. The van der Waals surface area contributed by atoms with Gasteiger partial charge in [-0.3, -0.25) is 0 Å². The van der Waals surface area contributed by atoms with Gasteiger partial charge in [0.2, 0.25) is 0 Å². The van der Waals surface area contributed by atoms with Crippen LogP contribution in [0.5, 0.6) is 0 Å². The molecule has 0 aliphatic heterocycles. The van der Waals surface area contributed by atoms with Crippen molar-refractivity contribution in [1.29, 1.82) is 0 Å². The van der Waals surface area contributed by atoms with Gasteiger partial charge in [0.15, 0.2) is 16.6 Å².